The molecule has 0 atom stereocenters. The van der Waals surface area contributed by atoms with E-state index in [0.717, 1.165) is 11.1 Å². The third-order valence-electron chi connectivity index (χ3n) is 2.52. The molecule has 0 spiro atoms. The van der Waals surface area contributed by atoms with E-state index in [4.69, 9.17) is 23.2 Å². The SMILES string of the molecule is Cc1ccccc1Cn1ncc(Cl)c(Cl)c1=O. The van der Waals surface area contributed by atoms with Crippen LogP contribution in [-0.4, -0.2) is 9.78 Å². The van der Waals surface area contributed by atoms with Crippen LogP contribution in [0.1, 0.15) is 11.1 Å². The van der Waals surface area contributed by atoms with Gasteiger partial charge in [-0.3, -0.25) is 4.79 Å². The van der Waals surface area contributed by atoms with Gasteiger partial charge in [0.1, 0.15) is 5.02 Å². The topological polar surface area (TPSA) is 34.9 Å². The Hall–Kier alpha value is -1.32. The van der Waals surface area contributed by atoms with Gasteiger partial charge in [-0.1, -0.05) is 47.5 Å². The van der Waals surface area contributed by atoms with Gasteiger partial charge in [0, 0.05) is 0 Å². The summed E-state index contributed by atoms with van der Waals surface area (Å²) >= 11 is 11.5. The average molecular weight is 269 g/mol. The van der Waals surface area contributed by atoms with Gasteiger partial charge in [-0.2, -0.15) is 5.10 Å². The van der Waals surface area contributed by atoms with E-state index in [1.165, 1.54) is 10.9 Å². The second kappa shape index (κ2) is 4.90. The molecule has 0 bridgehead atoms. The molecule has 0 radical (unpaired) electrons. The summed E-state index contributed by atoms with van der Waals surface area (Å²) in [6.07, 6.45) is 1.38. The minimum absolute atomic E-state index is 0.00949. The van der Waals surface area contributed by atoms with Crippen molar-refractivity contribution >= 4 is 23.2 Å². The molecule has 1 aromatic carbocycles. The van der Waals surface area contributed by atoms with E-state index >= 15 is 0 Å². The van der Waals surface area contributed by atoms with Crippen LogP contribution in [0.5, 0.6) is 0 Å². The summed E-state index contributed by atoms with van der Waals surface area (Å²) in [4.78, 5) is 11.8. The molecule has 0 aliphatic heterocycles. The van der Waals surface area contributed by atoms with Crippen LogP contribution in [0, 0.1) is 6.92 Å². The fraction of sp³-hybridized carbons (Fsp3) is 0.167. The highest BCUT2D eigenvalue weighted by atomic mass is 35.5. The number of aryl methyl sites for hydroxylation is 1. The monoisotopic (exact) mass is 268 g/mol. The number of hydrogen-bond donors (Lipinski definition) is 0. The molecule has 17 heavy (non-hydrogen) atoms. The molecule has 0 saturated heterocycles. The van der Waals surface area contributed by atoms with Crippen LogP contribution >= 0.6 is 23.2 Å². The van der Waals surface area contributed by atoms with Gasteiger partial charge in [0.25, 0.3) is 5.56 Å². The number of halogens is 2. The van der Waals surface area contributed by atoms with Crippen molar-refractivity contribution in [2.24, 2.45) is 0 Å². The molecule has 3 nitrogen and oxygen atoms in total. The van der Waals surface area contributed by atoms with Crippen molar-refractivity contribution in [1.82, 2.24) is 9.78 Å². The highest BCUT2D eigenvalue weighted by Gasteiger charge is 2.08. The summed E-state index contributed by atoms with van der Waals surface area (Å²) in [7, 11) is 0. The molecule has 0 fully saturated rings. The zero-order valence-corrected chi connectivity index (χ0v) is 10.7. The predicted molar refractivity (Wildman–Crippen MR) is 68.8 cm³/mol. The first kappa shape index (κ1) is 12.1. The number of rotatable bonds is 2. The van der Waals surface area contributed by atoms with E-state index in [1.54, 1.807) is 0 Å². The highest BCUT2D eigenvalue weighted by molar-refractivity contribution is 6.41. The molecule has 88 valence electrons. The maximum atomic E-state index is 11.8. The molecule has 0 unspecified atom stereocenters. The fourth-order valence-electron chi connectivity index (χ4n) is 1.51. The lowest BCUT2D eigenvalue weighted by atomic mass is 10.1. The van der Waals surface area contributed by atoms with Crippen molar-refractivity contribution in [2.75, 3.05) is 0 Å². The fourth-order valence-corrected chi connectivity index (χ4v) is 1.78. The Labute approximate surface area is 109 Å². The van der Waals surface area contributed by atoms with Crippen LogP contribution in [0.15, 0.2) is 35.3 Å². The Morgan fingerprint density at radius 3 is 2.71 bits per heavy atom. The zero-order chi connectivity index (χ0) is 12.4. The average Bonchev–Trinajstić information content (AvgIpc) is 2.32. The van der Waals surface area contributed by atoms with Crippen molar-refractivity contribution in [1.29, 1.82) is 0 Å². The Kier molecular flexibility index (Phi) is 3.50. The normalized spacial score (nSPS) is 10.5. The van der Waals surface area contributed by atoms with Crippen LogP contribution in [0.25, 0.3) is 0 Å². The summed E-state index contributed by atoms with van der Waals surface area (Å²) in [5, 5.41) is 4.15. The minimum atomic E-state index is -0.373. The second-order valence-electron chi connectivity index (χ2n) is 3.70. The summed E-state index contributed by atoms with van der Waals surface area (Å²) < 4.78 is 1.30. The number of hydrogen-bond acceptors (Lipinski definition) is 2. The Bertz CT molecular complexity index is 608. The summed E-state index contributed by atoms with van der Waals surface area (Å²) in [5.74, 6) is 0. The molecule has 1 aromatic heterocycles. The van der Waals surface area contributed by atoms with Crippen LogP contribution in [0.3, 0.4) is 0 Å². The maximum Gasteiger partial charge on any atom is 0.287 e. The summed E-state index contributed by atoms with van der Waals surface area (Å²) in [6.45, 7) is 2.38. The van der Waals surface area contributed by atoms with E-state index < -0.39 is 0 Å². The van der Waals surface area contributed by atoms with Gasteiger partial charge >= 0.3 is 0 Å². The summed E-state index contributed by atoms with van der Waals surface area (Å²) in [5.41, 5.74) is 1.76. The van der Waals surface area contributed by atoms with E-state index in [1.807, 2.05) is 31.2 Å². The first-order valence-electron chi connectivity index (χ1n) is 5.05. The number of nitrogens with zero attached hydrogens (tertiary/aromatic N) is 2. The van der Waals surface area contributed by atoms with Crippen molar-refractivity contribution in [3.05, 3.63) is 62.0 Å². The molecule has 1 heterocycles. The molecule has 2 aromatic rings. The molecule has 0 saturated carbocycles. The Morgan fingerprint density at radius 1 is 1.29 bits per heavy atom. The third kappa shape index (κ3) is 2.51. The van der Waals surface area contributed by atoms with Crippen LogP contribution in [0.2, 0.25) is 10.0 Å². The van der Waals surface area contributed by atoms with Gasteiger partial charge in [-0.05, 0) is 18.1 Å². The predicted octanol–water partition coefficient (Wildman–Crippen LogP) is 2.91. The van der Waals surface area contributed by atoms with Crippen molar-refractivity contribution in [2.45, 2.75) is 13.5 Å². The molecule has 0 N–H and O–H groups in total. The van der Waals surface area contributed by atoms with Gasteiger partial charge < -0.3 is 0 Å². The lowest BCUT2D eigenvalue weighted by molar-refractivity contribution is 0.637. The largest absolute Gasteiger partial charge is 0.287 e. The number of benzene rings is 1. The first-order chi connectivity index (χ1) is 8.09. The van der Waals surface area contributed by atoms with Crippen molar-refractivity contribution in [3.8, 4) is 0 Å². The minimum Gasteiger partial charge on any atom is -0.266 e. The van der Waals surface area contributed by atoms with E-state index in [2.05, 4.69) is 5.10 Å². The molecule has 0 aliphatic carbocycles. The lowest BCUT2D eigenvalue weighted by Gasteiger charge is -2.07. The zero-order valence-electron chi connectivity index (χ0n) is 9.15. The van der Waals surface area contributed by atoms with Crippen molar-refractivity contribution in [3.63, 3.8) is 0 Å². The smallest absolute Gasteiger partial charge is 0.266 e. The third-order valence-corrected chi connectivity index (χ3v) is 3.27. The van der Waals surface area contributed by atoms with Gasteiger partial charge in [-0.25, -0.2) is 4.68 Å². The number of aromatic nitrogens is 2. The molecule has 0 amide bonds. The van der Waals surface area contributed by atoms with Gasteiger partial charge in [0.15, 0.2) is 0 Å². The Morgan fingerprint density at radius 2 is 2.00 bits per heavy atom. The van der Waals surface area contributed by atoms with Gasteiger partial charge in [-0.15, -0.1) is 0 Å². The molecule has 0 aliphatic rings. The molecular weight excluding hydrogens is 259 g/mol. The van der Waals surface area contributed by atoms with E-state index in [9.17, 15) is 4.79 Å². The molecular formula is C12H10Cl2N2O. The first-order valence-corrected chi connectivity index (χ1v) is 5.81. The van der Waals surface area contributed by atoms with Crippen LogP contribution in [0.4, 0.5) is 0 Å². The Balaban J connectivity index is 2.41. The van der Waals surface area contributed by atoms with Crippen LogP contribution in [-0.2, 0) is 6.54 Å². The second-order valence-corrected chi connectivity index (χ2v) is 4.48. The van der Waals surface area contributed by atoms with E-state index in [-0.39, 0.29) is 15.6 Å². The summed E-state index contributed by atoms with van der Waals surface area (Å²) in [6, 6.07) is 7.80. The lowest BCUT2D eigenvalue weighted by Crippen LogP contribution is -2.24. The molecule has 2 rings (SSSR count). The van der Waals surface area contributed by atoms with Crippen LogP contribution < -0.4 is 5.56 Å². The highest BCUT2D eigenvalue weighted by Crippen LogP contribution is 2.15. The van der Waals surface area contributed by atoms with E-state index in [0.29, 0.717) is 6.54 Å². The maximum absolute atomic E-state index is 11.8. The standard InChI is InChI=1S/C12H10Cl2N2O/c1-8-4-2-3-5-9(8)7-16-12(17)11(14)10(13)6-15-16/h2-6H,7H2,1H3. The molecule has 5 heteroatoms. The van der Waals surface area contributed by atoms with Gasteiger partial charge in [0.2, 0.25) is 0 Å². The quantitative estimate of drug-likeness (QED) is 0.840. The van der Waals surface area contributed by atoms with Gasteiger partial charge in [0.05, 0.1) is 17.8 Å². The van der Waals surface area contributed by atoms with Crippen molar-refractivity contribution < 1.29 is 0 Å².